The van der Waals surface area contributed by atoms with Gasteiger partial charge in [0.15, 0.2) is 5.69 Å². The van der Waals surface area contributed by atoms with Gasteiger partial charge in [-0.2, -0.15) is 0 Å². The third-order valence-corrected chi connectivity index (χ3v) is 2.35. The predicted molar refractivity (Wildman–Crippen MR) is 66.4 cm³/mol. The molecule has 0 N–H and O–H groups in total. The number of esters is 1. The van der Waals surface area contributed by atoms with E-state index in [1.807, 2.05) is 0 Å². The van der Waals surface area contributed by atoms with Gasteiger partial charge < -0.3 is 9.47 Å². The van der Waals surface area contributed by atoms with E-state index in [-0.39, 0.29) is 5.69 Å². The second kappa shape index (κ2) is 7.10. The van der Waals surface area contributed by atoms with Crippen LogP contribution in [0.2, 0.25) is 0 Å². The van der Waals surface area contributed by atoms with E-state index in [4.69, 9.17) is 9.47 Å². The number of nitrogens with zero attached hydrogens (tertiary/aromatic N) is 3. The topological polar surface area (TPSA) is 66.2 Å². The van der Waals surface area contributed by atoms with Crippen LogP contribution in [0.1, 0.15) is 37.0 Å². The largest absolute Gasteiger partial charge is 0.461 e. The van der Waals surface area contributed by atoms with Crippen molar-refractivity contribution in [1.82, 2.24) is 15.0 Å². The van der Waals surface area contributed by atoms with E-state index in [1.165, 1.54) is 0 Å². The first-order chi connectivity index (χ1) is 8.56. The Labute approximate surface area is 107 Å². The Morgan fingerprint density at radius 1 is 1.44 bits per heavy atom. The quantitative estimate of drug-likeness (QED) is 0.545. The molecule has 0 amide bonds. The van der Waals surface area contributed by atoms with Gasteiger partial charge in [-0.15, -0.1) is 5.10 Å². The van der Waals surface area contributed by atoms with Crippen LogP contribution >= 0.6 is 0 Å². The van der Waals surface area contributed by atoms with E-state index in [2.05, 4.69) is 24.2 Å². The molecular formula is C12H21N3O3. The van der Waals surface area contributed by atoms with Crippen molar-refractivity contribution in [3.63, 3.8) is 0 Å². The highest BCUT2D eigenvalue weighted by Crippen LogP contribution is 2.05. The summed E-state index contributed by atoms with van der Waals surface area (Å²) < 4.78 is 12.0. The summed E-state index contributed by atoms with van der Waals surface area (Å²) in [4.78, 5) is 11.5. The molecule has 0 atom stereocenters. The predicted octanol–water partition coefficient (Wildman–Crippen LogP) is 1.44. The molecule has 0 unspecified atom stereocenters. The van der Waals surface area contributed by atoms with Gasteiger partial charge in [-0.05, 0) is 19.8 Å². The van der Waals surface area contributed by atoms with Crippen molar-refractivity contribution in [3.8, 4) is 0 Å². The van der Waals surface area contributed by atoms with Gasteiger partial charge in [0.1, 0.15) is 0 Å². The zero-order valence-electron chi connectivity index (χ0n) is 11.5. The summed E-state index contributed by atoms with van der Waals surface area (Å²) in [6.07, 6.45) is 0. The SMILES string of the molecule is CCOC(=O)c1nnn(CCOCC(C)C)c1C. The second-order valence-electron chi connectivity index (χ2n) is 4.44. The van der Waals surface area contributed by atoms with Gasteiger partial charge in [-0.3, -0.25) is 0 Å². The lowest BCUT2D eigenvalue weighted by Crippen LogP contribution is -2.12. The molecule has 0 radical (unpaired) electrons. The number of aromatic nitrogens is 3. The highest BCUT2D eigenvalue weighted by atomic mass is 16.5. The zero-order valence-corrected chi connectivity index (χ0v) is 11.5. The van der Waals surface area contributed by atoms with Crippen LogP contribution in [0.15, 0.2) is 0 Å². The van der Waals surface area contributed by atoms with Crippen LogP contribution in [0.4, 0.5) is 0 Å². The van der Waals surface area contributed by atoms with Gasteiger partial charge in [0, 0.05) is 6.61 Å². The summed E-state index contributed by atoms with van der Waals surface area (Å²) >= 11 is 0. The second-order valence-corrected chi connectivity index (χ2v) is 4.44. The lowest BCUT2D eigenvalue weighted by atomic mass is 10.2. The fourth-order valence-electron chi connectivity index (χ4n) is 1.43. The van der Waals surface area contributed by atoms with Crippen molar-refractivity contribution >= 4 is 5.97 Å². The Hall–Kier alpha value is -1.43. The minimum absolute atomic E-state index is 0.278. The van der Waals surface area contributed by atoms with Gasteiger partial charge in [0.25, 0.3) is 0 Å². The van der Waals surface area contributed by atoms with E-state index in [0.29, 0.717) is 31.4 Å². The Morgan fingerprint density at radius 2 is 2.17 bits per heavy atom. The van der Waals surface area contributed by atoms with Crippen LogP contribution in [0, 0.1) is 12.8 Å². The van der Waals surface area contributed by atoms with Gasteiger partial charge >= 0.3 is 5.97 Å². The maximum absolute atomic E-state index is 11.5. The van der Waals surface area contributed by atoms with Crippen molar-refractivity contribution in [3.05, 3.63) is 11.4 Å². The summed E-state index contributed by atoms with van der Waals surface area (Å²) in [6.45, 7) is 9.96. The summed E-state index contributed by atoms with van der Waals surface area (Å²) in [6, 6.07) is 0. The fraction of sp³-hybridized carbons (Fsp3) is 0.750. The Balaban J connectivity index is 2.50. The smallest absolute Gasteiger partial charge is 0.360 e. The molecule has 0 aliphatic carbocycles. The first-order valence-corrected chi connectivity index (χ1v) is 6.21. The van der Waals surface area contributed by atoms with Crippen molar-refractivity contribution in [2.75, 3.05) is 19.8 Å². The van der Waals surface area contributed by atoms with Crippen molar-refractivity contribution in [2.24, 2.45) is 5.92 Å². The molecule has 0 saturated heterocycles. The third kappa shape index (κ3) is 4.10. The number of hydrogen-bond donors (Lipinski definition) is 0. The van der Waals surface area contributed by atoms with Crippen LogP contribution in [-0.2, 0) is 16.0 Å². The van der Waals surface area contributed by atoms with E-state index in [0.717, 1.165) is 6.61 Å². The van der Waals surface area contributed by atoms with Crippen LogP contribution in [-0.4, -0.2) is 40.8 Å². The molecular weight excluding hydrogens is 234 g/mol. The van der Waals surface area contributed by atoms with Gasteiger partial charge in [0.05, 0.1) is 25.5 Å². The van der Waals surface area contributed by atoms with Crippen molar-refractivity contribution in [1.29, 1.82) is 0 Å². The lowest BCUT2D eigenvalue weighted by molar-refractivity contribution is 0.0518. The molecule has 0 fully saturated rings. The molecule has 0 saturated carbocycles. The summed E-state index contributed by atoms with van der Waals surface area (Å²) in [7, 11) is 0. The van der Waals surface area contributed by atoms with Gasteiger partial charge in [-0.25, -0.2) is 9.48 Å². The molecule has 0 aromatic carbocycles. The number of rotatable bonds is 7. The molecule has 0 aliphatic rings. The Kier molecular flexibility index (Phi) is 5.77. The van der Waals surface area contributed by atoms with Crippen molar-refractivity contribution < 1.29 is 14.3 Å². The van der Waals surface area contributed by atoms with E-state index >= 15 is 0 Å². The first-order valence-electron chi connectivity index (χ1n) is 6.21. The van der Waals surface area contributed by atoms with Crippen LogP contribution < -0.4 is 0 Å². The molecule has 0 spiro atoms. The standard InChI is InChI=1S/C12H21N3O3/c1-5-18-12(16)11-10(4)15(14-13-11)6-7-17-8-9(2)3/h9H,5-8H2,1-4H3. The van der Waals surface area contributed by atoms with E-state index in [1.54, 1.807) is 18.5 Å². The molecule has 1 aromatic heterocycles. The van der Waals surface area contributed by atoms with Crippen LogP contribution in [0.3, 0.4) is 0 Å². The summed E-state index contributed by atoms with van der Waals surface area (Å²) in [5.74, 6) is 0.0845. The molecule has 1 aromatic rings. The highest BCUT2D eigenvalue weighted by Gasteiger charge is 2.17. The molecule has 102 valence electrons. The molecule has 18 heavy (non-hydrogen) atoms. The minimum Gasteiger partial charge on any atom is -0.461 e. The van der Waals surface area contributed by atoms with E-state index < -0.39 is 5.97 Å². The molecule has 0 aliphatic heterocycles. The normalized spacial score (nSPS) is 10.9. The third-order valence-electron chi connectivity index (χ3n) is 2.35. The summed E-state index contributed by atoms with van der Waals surface area (Å²) in [5, 5.41) is 7.75. The number of hydrogen-bond acceptors (Lipinski definition) is 5. The molecule has 1 heterocycles. The molecule has 6 heteroatoms. The Bertz CT molecular complexity index is 388. The summed E-state index contributed by atoms with van der Waals surface area (Å²) in [5.41, 5.74) is 0.988. The lowest BCUT2D eigenvalue weighted by Gasteiger charge is -2.07. The molecule has 0 bridgehead atoms. The van der Waals surface area contributed by atoms with Gasteiger partial charge in [-0.1, -0.05) is 19.1 Å². The van der Waals surface area contributed by atoms with E-state index in [9.17, 15) is 4.79 Å². The monoisotopic (exact) mass is 255 g/mol. The highest BCUT2D eigenvalue weighted by molar-refractivity contribution is 5.88. The maximum Gasteiger partial charge on any atom is 0.360 e. The maximum atomic E-state index is 11.5. The average molecular weight is 255 g/mol. The first kappa shape index (κ1) is 14.6. The van der Waals surface area contributed by atoms with Crippen LogP contribution in [0.5, 0.6) is 0 Å². The number of ether oxygens (including phenoxy) is 2. The average Bonchev–Trinajstić information content (AvgIpc) is 2.66. The molecule has 1 rings (SSSR count). The number of carbonyl (C=O) groups excluding carboxylic acids is 1. The molecule has 6 nitrogen and oxygen atoms in total. The van der Waals surface area contributed by atoms with Gasteiger partial charge in [0.2, 0.25) is 0 Å². The number of carbonyl (C=O) groups is 1. The minimum atomic E-state index is -0.427. The zero-order chi connectivity index (χ0) is 13.5. The Morgan fingerprint density at radius 3 is 2.78 bits per heavy atom. The van der Waals surface area contributed by atoms with Crippen molar-refractivity contribution in [2.45, 2.75) is 34.2 Å². The van der Waals surface area contributed by atoms with Crippen LogP contribution in [0.25, 0.3) is 0 Å². The fourth-order valence-corrected chi connectivity index (χ4v) is 1.43.